The van der Waals surface area contributed by atoms with Crippen molar-refractivity contribution in [1.29, 1.82) is 0 Å². The number of nitrogens with zero attached hydrogens (tertiary/aromatic N) is 1. The molecule has 102 valence electrons. The minimum atomic E-state index is 0.0347. The zero-order valence-corrected chi connectivity index (χ0v) is 13.3. The first-order chi connectivity index (χ1) is 9.58. The van der Waals surface area contributed by atoms with Gasteiger partial charge < -0.3 is 4.90 Å². The molecule has 2 aromatic carbocycles. The van der Waals surface area contributed by atoms with Gasteiger partial charge in [-0.05, 0) is 58.6 Å². The monoisotopic (exact) mass is 349 g/mol. The number of aryl methyl sites for hydroxylation is 1. The maximum Gasteiger partial charge on any atom is 0.258 e. The molecule has 0 aromatic heterocycles. The first kappa shape index (κ1) is 13.7. The van der Waals surface area contributed by atoms with Crippen LogP contribution in [-0.2, 0) is 6.42 Å². The Bertz CT molecular complexity index is 699. The molecule has 0 saturated heterocycles. The van der Waals surface area contributed by atoms with Crippen molar-refractivity contribution in [2.45, 2.75) is 13.3 Å². The Morgan fingerprint density at radius 1 is 1.25 bits per heavy atom. The number of amides is 1. The van der Waals surface area contributed by atoms with E-state index in [0.29, 0.717) is 11.6 Å². The van der Waals surface area contributed by atoms with Crippen molar-refractivity contribution >= 4 is 39.1 Å². The standard InChI is InChI=1S/C16H13BrClNO/c1-10-8-13(17)15(9-14(10)18)19-7-6-11-4-2-3-5-12(11)16(19)20/h2-5,8-9H,6-7H2,1H3. The van der Waals surface area contributed by atoms with E-state index in [4.69, 9.17) is 11.6 Å². The first-order valence-corrected chi connectivity index (χ1v) is 7.60. The molecule has 0 radical (unpaired) electrons. The number of carbonyl (C=O) groups excluding carboxylic acids is 1. The summed E-state index contributed by atoms with van der Waals surface area (Å²) in [7, 11) is 0. The lowest BCUT2D eigenvalue weighted by molar-refractivity contribution is 0.0980. The van der Waals surface area contributed by atoms with E-state index >= 15 is 0 Å². The van der Waals surface area contributed by atoms with Crippen LogP contribution in [0.2, 0.25) is 5.02 Å². The van der Waals surface area contributed by atoms with E-state index in [2.05, 4.69) is 15.9 Å². The van der Waals surface area contributed by atoms with Crippen LogP contribution in [0.1, 0.15) is 21.5 Å². The van der Waals surface area contributed by atoms with Gasteiger partial charge in [0.15, 0.2) is 0 Å². The van der Waals surface area contributed by atoms with Gasteiger partial charge >= 0.3 is 0 Å². The number of hydrogen-bond donors (Lipinski definition) is 0. The predicted octanol–water partition coefficient (Wildman–Crippen LogP) is 4.61. The second-order valence-corrected chi connectivity index (χ2v) is 6.18. The fraction of sp³-hybridized carbons (Fsp3) is 0.188. The average Bonchev–Trinajstić information content (AvgIpc) is 2.44. The number of hydrogen-bond acceptors (Lipinski definition) is 1. The van der Waals surface area contributed by atoms with Gasteiger partial charge in [-0.3, -0.25) is 4.79 Å². The van der Waals surface area contributed by atoms with Gasteiger partial charge in [0, 0.05) is 21.6 Å². The molecule has 4 heteroatoms. The summed E-state index contributed by atoms with van der Waals surface area (Å²) in [6.07, 6.45) is 0.861. The second-order valence-electron chi connectivity index (χ2n) is 4.92. The molecular weight excluding hydrogens is 338 g/mol. The third-order valence-corrected chi connectivity index (χ3v) is 4.66. The Labute approximate surface area is 131 Å². The lowest BCUT2D eigenvalue weighted by Gasteiger charge is -2.29. The molecule has 0 bridgehead atoms. The number of fused-ring (bicyclic) bond motifs is 1. The highest BCUT2D eigenvalue weighted by Crippen LogP contribution is 2.34. The summed E-state index contributed by atoms with van der Waals surface area (Å²) in [5, 5.41) is 0.676. The lowest BCUT2D eigenvalue weighted by Crippen LogP contribution is -2.37. The molecule has 3 rings (SSSR count). The maximum absolute atomic E-state index is 12.6. The smallest absolute Gasteiger partial charge is 0.258 e. The van der Waals surface area contributed by atoms with Crippen LogP contribution in [0.3, 0.4) is 0 Å². The topological polar surface area (TPSA) is 20.3 Å². The third kappa shape index (κ3) is 2.25. The van der Waals surface area contributed by atoms with Crippen LogP contribution < -0.4 is 4.90 Å². The van der Waals surface area contributed by atoms with Crippen LogP contribution in [0.5, 0.6) is 0 Å². The van der Waals surface area contributed by atoms with Gasteiger partial charge in [0.05, 0.1) is 5.69 Å². The molecule has 0 spiro atoms. The summed E-state index contributed by atoms with van der Waals surface area (Å²) in [6.45, 7) is 2.62. The fourth-order valence-electron chi connectivity index (χ4n) is 2.50. The Balaban J connectivity index is 2.05. The Morgan fingerprint density at radius 3 is 2.80 bits per heavy atom. The summed E-state index contributed by atoms with van der Waals surface area (Å²) in [5.41, 5.74) is 3.72. The van der Waals surface area contributed by atoms with Gasteiger partial charge in [-0.25, -0.2) is 0 Å². The van der Waals surface area contributed by atoms with Crippen LogP contribution in [0.15, 0.2) is 40.9 Å². The molecule has 0 saturated carbocycles. The van der Waals surface area contributed by atoms with Crippen LogP contribution >= 0.6 is 27.5 Å². The molecule has 20 heavy (non-hydrogen) atoms. The van der Waals surface area contributed by atoms with E-state index in [-0.39, 0.29) is 5.91 Å². The SMILES string of the molecule is Cc1cc(Br)c(N2CCc3ccccc3C2=O)cc1Cl. The molecule has 0 N–H and O–H groups in total. The molecule has 0 aliphatic carbocycles. The van der Waals surface area contributed by atoms with E-state index in [0.717, 1.165) is 33.3 Å². The van der Waals surface area contributed by atoms with Gasteiger partial charge in [0.2, 0.25) is 0 Å². The Hall–Kier alpha value is -1.32. The fourth-order valence-corrected chi connectivity index (χ4v) is 3.33. The van der Waals surface area contributed by atoms with E-state index < -0.39 is 0 Å². The van der Waals surface area contributed by atoms with E-state index in [1.165, 1.54) is 0 Å². The van der Waals surface area contributed by atoms with Crippen molar-refractivity contribution in [3.05, 3.63) is 62.6 Å². The second kappa shape index (κ2) is 5.23. The first-order valence-electron chi connectivity index (χ1n) is 6.43. The van der Waals surface area contributed by atoms with E-state index in [9.17, 15) is 4.79 Å². The number of halogens is 2. The highest BCUT2D eigenvalue weighted by Gasteiger charge is 2.26. The molecule has 1 heterocycles. The molecular formula is C16H13BrClNO. The van der Waals surface area contributed by atoms with Gasteiger partial charge in [-0.15, -0.1) is 0 Å². The molecule has 1 aliphatic rings. The Morgan fingerprint density at radius 2 is 2.00 bits per heavy atom. The maximum atomic E-state index is 12.6. The number of carbonyl (C=O) groups is 1. The van der Waals surface area contributed by atoms with Crippen LogP contribution in [0, 0.1) is 6.92 Å². The van der Waals surface area contributed by atoms with Crippen molar-refractivity contribution in [1.82, 2.24) is 0 Å². The molecule has 2 aromatic rings. The zero-order chi connectivity index (χ0) is 14.3. The quantitative estimate of drug-likeness (QED) is 0.735. The summed E-state index contributed by atoms with van der Waals surface area (Å²) in [5.74, 6) is 0.0347. The van der Waals surface area contributed by atoms with Crippen molar-refractivity contribution in [3.8, 4) is 0 Å². The number of benzene rings is 2. The molecule has 0 fully saturated rings. The van der Waals surface area contributed by atoms with Crippen molar-refractivity contribution < 1.29 is 4.79 Å². The Kier molecular flexibility index (Phi) is 3.57. The summed E-state index contributed by atoms with van der Waals surface area (Å²) >= 11 is 9.73. The third-order valence-electron chi connectivity index (χ3n) is 3.62. The van der Waals surface area contributed by atoms with Crippen molar-refractivity contribution in [2.75, 3.05) is 11.4 Å². The minimum Gasteiger partial charge on any atom is -0.307 e. The minimum absolute atomic E-state index is 0.0347. The van der Waals surface area contributed by atoms with Crippen molar-refractivity contribution in [3.63, 3.8) is 0 Å². The molecule has 0 atom stereocenters. The van der Waals surface area contributed by atoms with Crippen LogP contribution in [0.25, 0.3) is 0 Å². The van der Waals surface area contributed by atoms with Gasteiger partial charge in [-0.1, -0.05) is 29.8 Å². The van der Waals surface area contributed by atoms with Crippen LogP contribution in [-0.4, -0.2) is 12.5 Å². The summed E-state index contributed by atoms with van der Waals surface area (Å²) in [4.78, 5) is 14.4. The number of rotatable bonds is 1. The average molecular weight is 351 g/mol. The highest BCUT2D eigenvalue weighted by molar-refractivity contribution is 9.10. The molecule has 0 unspecified atom stereocenters. The highest BCUT2D eigenvalue weighted by atomic mass is 79.9. The van der Waals surface area contributed by atoms with Crippen LogP contribution in [0.4, 0.5) is 5.69 Å². The van der Waals surface area contributed by atoms with Gasteiger partial charge in [0.1, 0.15) is 0 Å². The predicted molar refractivity (Wildman–Crippen MR) is 85.7 cm³/mol. The lowest BCUT2D eigenvalue weighted by atomic mass is 9.98. The molecule has 1 amide bonds. The van der Waals surface area contributed by atoms with Crippen molar-refractivity contribution in [2.24, 2.45) is 0 Å². The molecule has 1 aliphatic heterocycles. The summed E-state index contributed by atoms with van der Waals surface area (Å²) in [6, 6.07) is 11.6. The molecule has 2 nitrogen and oxygen atoms in total. The largest absolute Gasteiger partial charge is 0.307 e. The van der Waals surface area contributed by atoms with E-state index in [1.54, 1.807) is 4.90 Å². The van der Waals surface area contributed by atoms with Gasteiger partial charge in [0.25, 0.3) is 5.91 Å². The number of anilines is 1. The van der Waals surface area contributed by atoms with Gasteiger partial charge in [-0.2, -0.15) is 0 Å². The summed E-state index contributed by atoms with van der Waals surface area (Å²) < 4.78 is 0.895. The normalized spacial score (nSPS) is 14.3. The zero-order valence-electron chi connectivity index (χ0n) is 11.0. The van der Waals surface area contributed by atoms with E-state index in [1.807, 2.05) is 43.3 Å².